The van der Waals surface area contributed by atoms with E-state index in [1.54, 1.807) is 6.07 Å². The van der Waals surface area contributed by atoms with Crippen LogP contribution < -0.4 is 4.74 Å². The largest absolute Gasteiger partial charge is 0.481 e. The molecule has 106 valence electrons. The number of carboxylic acids is 1. The quantitative estimate of drug-likeness (QED) is 0.590. The Kier molecular flexibility index (Phi) is 3.44. The smallest absolute Gasteiger partial charge is 0.311 e. The molecule has 2 aromatic rings. The van der Waals surface area contributed by atoms with Crippen LogP contribution in [0.5, 0.6) is 5.75 Å². The molecular weight excluding hydrogens is 268 g/mol. The number of aliphatic carboxylic acids is 1. The number of fused-ring (bicyclic) bond motifs is 3. The molecule has 0 saturated carbocycles. The van der Waals surface area contributed by atoms with Gasteiger partial charge in [-0.3, -0.25) is 9.59 Å². The minimum atomic E-state index is -1.00. The molecule has 21 heavy (non-hydrogen) atoms. The van der Waals surface area contributed by atoms with E-state index in [-0.39, 0.29) is 12.8 Å². The fourth-order valence-corrected chi connectivity index (χ4v) is 2.61. The number of carbonyl (C=O) groups is 2. The number of carboxylic acid groups (broad SMARTS) is 1. The standard InChI is InChI=1S/C17H14O4/c18-16(19)8-9-17(20)21-15-7-3-6-13-12-5-2-1-4-11(12)10-14(13)15/h1-7H,8-10H2,(H,18,19). The molecule has 2 aromatic carbocycles. The van der Waals surface area contributed by atoms with Crippen LogP contribution in [-0.2, 0) is 16.0 Å². The molecule has 0 amide bonds. The van der Waals surface area contributed by atoms with Gasteiger partial charge in [-0.05, 0) is 22.8 Å². The van der Waals surface area contributed by atoms with E-state index in [1.807, 2.05) is 24.3 Å². The van der Waals surface area contributed by atoms with Crippen molar-refractivity contribution in [3.05, 3.63) is 53.6 Å². The Morgan fingerprint density at radius 2 is 1.76 bits per heavy atom. The summed E-state index contributed by atoms with van der Waals surface area (Å²) in [4.78, 5) is 22.2. The van der Waals surface area contributed by atoms with E-state index in [0.717, 1.165) is 23.1 Å². The van der Waals surface area contributed by atoms with Gasteiger partial charge in [-0.2, -0.15) is 0 Å². The van der Waals surface area contributed by atoms with E-state index in [9.17, 15) is 9.59 Å². The Morgan fingerprint density at radius 3 is 2.57 bits per heavy atom. The van der Waals surface area contributed by atoms with Crippen LogP contribution in [0.1, 0.15) is 24.0 Å². The molecule has 3 rings (SSSR count). The van der Waals surface area contributed by atoms with Crippen molar-refractivity contribution in [1.29, 1.82) is 0 Å². The first-order valence-corrected chi connectivity index (χ1v) is 6.78. The Labute approximate surface area is 122 Å². The van der Waals surface area contributed by atoms with Crippen LogP contribution in [0.2, 0.25) is 0 Å². The molecule has 0 aliphatic heterocycles. The van der Waals surface area contributed by atoms with Gasteiger partial charge in [0.15, 0.2) is 0 Å². The molecule has 1 N–H and O–H groups in total. The van der Waals surface area contributed by atoms with E-state index in [4.69, 9.17) is 9.84 Å². The topological polar surface area (TPSA) is 63.6 Å². The van der Waals surface area contributed by atoms with Crippen molar-refractivity contribution >= 4 is 11.9 Å². The molecule has 1 aliphatic carbocycles. The van der Waals surface area contributed by atoms with Crippen LogP contribution >= 0.6 is 0 Å². The fraction of sp³-hybridized carbons (Fsp3) is 0.176. The van der Waals surface area contributed by atoms with Gasteiger partial charge in [0.1, 0.15) is 5.75 Å². The summed E-state index contributed by atoms with van der Waals surface area (Å²) in [5, 5.41) is 8.59. The Morgan fingerprint density at radius 1 is 1.00 bits per heavy atom. The first kappa shape index (κ1) is 13.4. The summed E-state index contributed by atoms with van der Waals surface area (Å²) in [5.74, 6) is -0.988. The number of hydrogen-bond acceptors (Lipinski definition) is 3. The molecule has 4 heteroatoms. The van der Waals surface area contributed by atoms with Gasteiger partial charge in [0.25, 0.3) is 0 Å². The van der Waals surface area contributed by atoms with Crippen LogP contribution in [0.15, 0.2) is 42.5 Å². The fourth-order valence-electron chi connectivity index (χ4n) is 2.61. The highest BCUT2D eigenvalue weighted by Crippen LogP contribution is 2.40. The predicted molar refractivity (Wildman–Crippen MR) is 77.2 cm³/mol. The minimum Gasteiger partial charge on any atom is -0.481 e. The highest BCUT2D eigenvalue weighted by molar-refractivity contribution is 5.82. The number of benzene rings is 2. The summed E-state index contributed by atoms with van der Waals surface area (Å²) in [6, 6.07) is 13.7. The molecule has 0 fully saturated rings. The van der Waals surface area contributed by atoms with Crippen LogP contribution in [0.4, 0.5) is 0 Å². The molecule has 0 heterocycles. The molecule has 0 bridgehead atoms. The van der Waals surface area contributed by atoms with Crippen molar-refractivity contribution < 1.29 is 19.4 Å². The molecular formula is C17H14O4. The van der Waals surface area contributed by atoms with E-state index in [2.05, 4.69) is 12.1 Å². The third kappa shape index (κ3) is 2.65. The molecule has 0 aromatic heterocycles. The number of esters is 1. The zero-order valence-electron chi connectivity index (χ0n) is 11.3. The van der Waals surface area contributed by atoms with E-state index < -0.39 is 11.9 Å². The van der Waals surface area contributed by atoms with Crippen molar-refractivity contribution in [2.45, 2.75) is 19.3 Å². The number of hydrogen-bond donors (Lipinski definition) is 1. The summed E-state index contributed by atoms with van der Waals surface area (Å²) in [6.45, 7) is 0. The Hall–Kier alpha value is -2.62. The van der Waals surface area contributed by atoms with Gasteiger partial charge in [-0.25, -0.2) is 0 Å². The maximum atomic E-state index is 11.7. The lowest BCUT2D eigenvalue weighted by Gasteiger charge is -2.08. The zero-order valence-corrected chi connectivity index (χ0v) is 11.3. The lowest BCUT2D eigenvalue weighted by atomic mass is 10.1. The third-order valence-corrected chi connectivity index (χ3v) is 3.57. The van der Waals surface area contributed by atoms with Crippen LogP contribution in [0, 0.1) is 0 Å². The molecule has 0 unspecified atom stereocenters. The van der Waals surface area contributed by atoms with Crippen molar-refractivity contribution in [3.8, 4) is 16.9 Å². The van der Waals surface area contributed by atoms with E-state index >= 15 is 0 Å². The van der Waals surface area contributed by atoms with E-state index in [0.29, 0.717) is 5.75 Å². The van der Waals surface area contributed by atoms with Crippen molar-refractivity contribution in [2.24, 2.45) is 0 Å². The molecule has 0 radical (unpaired) electrons. The molecule has 0 saturated heterocycles. The number of ether oxygens (including phenoxy) is 1. The van der Waals surface area contributed by atoms with Crippen LogP contribution in [0.3, 0.4) is 0 Å². The summed E-state index contributed by atoms with van der Waals surface area (Å²) in [7, 11) is 0. The lowest BCUT2D eigenvalue weighted by molar-refractivity contribution is -0.142. The summed E-state index contributed by atoms with van der Waals surface area (Å²) < 4.78 is 5.34. The van der Waals surface area contributed by atoms with Gasteiger partial charge >= 0.3 is 11.9 Å². The Balaban J connectivity index is 1.83. The number of carbonyl (C=O) groups excluding carboxylic acids is 1. The van der Waals surface area contributed by atoms with Gasteiger partial charge in [0.05, 0.1) is 12.8 Å². The summed E-state index contributed by atoms with van der Waals surface area (Å²) in [5.41, 5.74) is 4.44. The van der Waals surface area contributed by atoms with E-state index in [1.165, 1.54) is 5.56 Å². The maximum absolute atomic E-state index is 11.7. The van der Waals surface area contributed by atoms with Crippen molar-refractivity contribution in [2.75, 3.05) is 0 Å². The molecule has 4 nitrogen and oxygen atoms in total. The van der Waals surface area contributed by atoms with Gasteiger partial charge in [0.2, 0.25) is 0 Å². The minimum absolute atomic E-state index is 0.119. The molecule has 1 aliphatic rings. The summed E-state index contributed by atoms with van der Waals surface area (Å²) >= 11 is 0. The average molecular weight is 282 g/mol. The monoisotopic (exact) mass is 282 g/mol. The van der Waals surface area contributed by atoms with Gasteiger partial charge in [-0.15, -0.1) is 0 Å². The maximum Gasteiger partial charge on any atom is 0.311 e. The molecule has 0 atom stereocenters. The Bertz CT molecular complexity index is 718. The highest BCUT2D eigenvalue weighted by atomic mass is 16.5. The van der Waals surface area contributed by atoms with Crippen LogP contribution in [0.25, 0.3) is 11.1 Å². The van der Waals surface area contributed by atoms with Crippen molar-refractivity contribution in [3.63, 3.8) is 0 Å². The molecule has 0 spiro atoms. The second-order valence-corrected chi connectivity index (χ2v) is 4.98. The first-order chi connectivity index (χ1) is 10.1. The second kappa shape index (κ2) is 5.40. The predicted octanol–water partition coefficient (Wildman–Crippen LogP) is 3.03. The first-order valence-electron chi connectivity index (χ1n) is 6.78. The SMILES string of the molecule is O=C(O)CCC(=O)Oc1cccc2c1Cc1ccccc1-2. The second-order valence-electron chi connectivity index (χ2n) is 4.98. The van der Waals surface area contributed by atoms with Gasteiger partial charge < -0.3 is 9.84 Å². The normalized spacial score (nSPS) is 11.6. The lowest BCUT2D eigenvalue weighted by Crippen LogP contribution is -2.11. The van der Waals surface area contributed by atoms with Gasteiger partial charge in [0, 0.05) is 12.0 Å². The van der Waals surface area contributed by atoms with Crippen LogP contribution in [-0.4, -0.2) is 17.0 Å². The van der Waals surface area contributed by atoms with Crippen molar-refractivity contribution in [1.82, 2.24) is 0 Å². The average Bonchev–Trinajstić information content (AvgIpc) is 2.85. The number of rotatable bonds is 4. The highest BCUT2D eigenvalue weighted by Gasteiger charge is 2.22. The summed E-state index contributed by atoms with van der Waals surface area (Å²) in [6.07, 6.45) is 0.397. The van der Waals surface area contributed by atoms with Gasteiger partial charge in [-0.1, -0.05) is 36.4 Å². The third-order valence-electron chi connectivity index (χ3n) is 3.57. The zero-order chi connectivity index (χ0) is 14.8.